The quantitative estimate of drug-likeness (QED) is 0.151. The van der Waals surface area contributed by atoms with E-state index in [-0.39, 0.29) is 17.2 Å². The molecule has 6 nitrogen and oxygen atoms in total. The van der Waals surface area contributed by atoms with Gasteiger partial charge in [-0.2, -0.15) is 0 Å². The molecule has 41 heavy (non-hydrogen) atoms. The molecule has 1 unspecified atom stereocenters. The number of thioether (sulfide) groups is 1. The predicted molar refractivity (Wildman–Crippen MR) is 163 cm³/mol. The number of halogens is 1. The minimum atomic E-state index is -0.625. The largest absolute Gasteiger partial charge is 0.325 e. The summed E-state index contributed by atoms with van der Waals surface area (Å²) in [6.45, 7) is 5.76. The molecule has 3 N–H and O–H groups in total. The average molecular weight is 568 g/mol. The third-order valence-electron chi connectivity index (χ3n) is 6.00. The van der Waals surface area contributed by atoms with Gasteiger partial charge in [-0.3, -0.25) is 14.4 Å². The van der Waals surface area contributed by atoms with Gasteiger partial charge in [0.25, 0.3) is 11.8 Å². The van der Waals surface area contributed by atoms with Gasteiger partial charge in [0.15, 0.2) is 0 Å². The van der Waals surface area contributed by atoms with Crippen molar-refractivity contribution in [3.05, 3.63) is 131 Å². The van der Waals surface area contributed by atoms with Gasteiger partial charge < -0.3 is 16.0 Å². The fourth-order valence-electron chi connectivity index (χ4n) is 4.08. The van der Waals surface area contributed by atoms with E-state index in [4.69, 9.17) is 0 Å². The highest BCUT2D eigenvalue weighted by molar-refractivity contribution is 8.00. The Kier molecular flexibility index (Phi) is 9.71. The molecule has 4 aromatic carbocycles. The Balaban J connectivity index is 1.48. The van der Waals surface area contributed by atoms with Crippen LogP contribution in [0.5, 0.6) is 0 Å². The number of hydrogen-bond acceptors (Lipinski definition) is 4. The van der Waals surface area contributed by atoms with E-state index in [1.165, 1.54) is 30.0 Å². The van der Waals surface area contributed by atoms with Gasteiger partial charge in [-0.05, 0) is 86.5 Å². The molecule has 0 aliphatic carbocycles. The van der Waals surface area contributed by atoms with Crippen molar-refractivity contribution in [2.45, 2.75) is 30.9 Å². The molecule has 0 aliphatic heterocycles. The Labute approximate surface area is 243 Å². The number of aryl methyl sites for hydroxylation is 2. The molecule has 0 bridgehead atoms. The first kappa shape index (κ1) is 29.3. The van der Waals surface area contributed by atoms with Gasteiger partial charge >= 0.3 is 0 Å². The Morgan fingerprint density at radius 3 is 2.17 bits per heavy atom. The van der Waals surface area contributed by atoms with Crippen LogP contribution in [0.25, 0.3) is 6.08 Å². The molecular formula is C33H30FN3O3S. The second-order valence-electron chi connectivity index (χ2n) is 9.51. The molecule has 0 heterocycles. The van der Waals surface area contributed by atoms with Gasteiger partial charge in [0.2, 0.25) is 5.91 Å². The summed E-state index contributed by atoms with van der Waals surface area (Å²) >= 11 is 1.34. The van der Waals surface area contributed by atoms with E-state index in [2.05, 4.69) is 16.0 Å². The van der Waals surface area contributed by atoms with Crippen molar-refractivity contribution in [2.75, 3.05) is 10.6 Å². The molecule has 0 saturated heterocycles. The maximum absolute atomic E-state index is 14.4. The lowest BCUT2D eigenvalue weighted by Gasteiger charge is -2.15. The van der Waals surface area contributed by atoms with Crippen LogP contribution >= 0.6 is 11.8 Å². The van der Waals surface area contributed by atoms with Gasteiger partial charge in [0.1, 0.15) is 11.5 Å². The summed E-state index contributed by atoms with van der Waals surface area (Å²) in [6, 6.07) is 27.3. The minimum absolute atomic E-state index is 0.122. The Hall–Kier alpha value is -4.69. The van der Waals surface area contributed by atoms with Crippen LogP contribution in [0.4, 0.5) is 15.8 Å². The second kappa shape index (κ2) is 13.6. The number of rotatable bonds is 9. The summed E-state index contributed by atoms with van der Waals surface area (Å²) in [4.78, 5) is 39.7. The van der Waals surface area contributed by atoms with Crippen LogP contribution < -0.4 is 16.0 Å². The zero-order valence-electron chi connectivity index (χ0n) is 22.9. The van der Waals surface area contributed by atoms with Crippen molar-refractivity contribution in [3.63, 3.8) is 0 Å². The number of amides is 3. The number of anilines is 2. The van der Waals surface area contributed by atoms with E-state index in [9.17, 15) is 18.8 Å². The molecule has 8 heteroatoms. The van der Waals surface area contributed by atoms with Gasteiger partial charge in [-0.15, -0.1) is 11.8 Å². The highest BCUT2D eigenvalue weighted by atomic mass is 32.2. The first-order valence-electron chi connectivity index (χ1n) is 13.0. The van der Waals surface area contributed by atoms with Gasteiger partial charge in [-0.25, -0.2) is 4.39 Å². The molecule has 3 amide bonds. The number of carbonyl (C=O) groups excluding carboxylic acids is 3. The maximum atomic E-state index is 14.4. The highest BCUT2D eigenvalue weighted by Gasteiger charge is 2.18. The molecule has 0 saturated carbocycles. The van der Waals surface area contributed by atoms with Gasteiger partial charge in [-0.1, -0.05) is 48.5 Å². The SMILES string of the molecule is Cc1cc(C)cc(NC(=O)C(C)Sc2cccc(NC(=O)/C(=C/c3ccccc3F)NC(=O)c3ccccc3)c2)c1. The van der Waals surface area contributed by atoms with E-state index in [0.717, 1.165) is 21.7 Å². The molecule has 4 aromatic rings. The third-order valence-corrected chi connectivity index (χ3v) is 7.09. The standard InChI is InChI=1S/C33H30FN3O3S/c1-21-16-22(2)18-27(17-21)36-31(38)23(3)41-28-14-9-13-26(20-28)35-33(40)30(19-25-12-7-8-15-29(25)34)37-32(39)24-10-5-4-6-11-24/h4-20,23H,1-3H3,(H,35,40)(H,36,38)(H,37,39)/b30-19-. The molecule has 1 atom stereocenters. The Morgan fingerprint density at radius 1 is 0.780 bits per heavy atom. The average Bonchev–Trinajstić information content (AvgIpc) is 2.93. The summed E-state index contributed by atoms with van der Waals surface area (Å²) in [6.07, 6.45) is 1.30. The van der Waals surface area contributed by atoms with Crippen molar-refractivity contribution >= 4 is 46.9 Å². The van der Waals surface area contributed by atoms with Crippen LogP contribution in [-0.4, -0.2) is 23.0 Å². The number of carbonyl (C=O) groups is 3. The normalized spacial score (nSPS) is 11.9. The number of benzene rings is 4. The Morgan fingerprint density at radius 2 is 1.46 bits per heavy atom. The van der Waals surface area contributed by atoms with Crippen LogP contribution in [0.3, 0.4) is 0 Å². The first-order valence-corrected chi connectivity index (χ1v) is 13.9. The molecular weight excluding hydrogens is 537 g/mol. The molecule has 208 valence electrons. The zero-order chi connectivity index (χ0) is 29.4. The molecule has 0 aromatic heterocycles. The lowest BCUT2D eigenvalue weighted by Crippen LogP contribution is -2.30. The predicted octanol–water partition coefficient (Wildman–Crippen LogP) is 6.97. The fraction of sp³-hybridized carbons (Fsp3) is 0.121. The molecule has 0 radical (unpaired) electrons. The summed E-state index contributed by atoms with van der Waals surface area (Å²) < 4.78 is 14.4. The van der Waals surface area contributed by atoms with E-state index in [1.54, 1.807) is 60.7 Å². The lowest BCUT2D eigenvalue weighted by molar-refractivity contribution is -0.115. The smallest absolute Gasteiger partial charge is 0.272 e. The van der Waals surface area contributed by atoms with Crippen LogP contribution in [0.2, 0.25) is 0 Å². The first-order chi connectivity index (χ1) is 19.7. The highest BCUT2D eigenvalue weighted by Crippen LogP contribution is 2.27. The third kappa shape index (κ3) is 8.40. The topological polar surface area (TPSA) is 87.3 Å². The zero-order valence-corrected chi connectivity index (χ0v) is 23.7. The number of nitrogens with one attached hydrogen (secondary N) is 3. The van der Waals surface area contributed by atoms with Crippen molar-refractivity contribution < 1.29 is 18.8 Å². The monoisotopic (exact) mass is 567 g/mol. The Bertz CT molecular complexity index is 1580. The van der Waals surface area contributed by atoms with Crippen molar-refractivity contribution in [1.29, 1.82) is 0 Å². The second-order valence-corrected chi connectivity index (χ2v) is 10.9. The van der Waals surface area contributed by atoms with Crippen LogP contribution in [-0.2, 0) is 9.59 Å². The van der Waals surface area contributed by atoms with Crippen LogP contribution in [0, 0.1) is 19.7 Å². The fourth-order valence-corrected chi connectivity index (χ4v) is 5.01. The summed E-state index contributed by atoms with van der Waals surface area (Å²) in [5.74, 6) is -1.80. The molecule has 0 spiro atoms. The van der Waals surface area contributed by atoms with Crippen molar-refractivity contribution in [2.24, 2.45) is 0 Å². The molecule has 0 fully saturated rings. The molecule has 4 rings (SSSR count). The summed E-state index contributed by atoms with van der Waals surface area (Å²) in [5.41, 5.74) is 3.70. The summed E-state index contributed by atoms with van der Waals surface area (Å²) in [5, 5.41) is 7.93. The van der Waals surface area contributed by atoms with E-state index >= 15 is 0 Å². The van der Waals surface area contributed by atoms with Crippen LogP contribution in [0.1, 0.15) is 34.0 Å². The van der Waals surface area contributed by atoms with E-state index in [0.29, 0.717) is 11.3 Å². The van der Waals surface area contributed by atoms with E-state index in [1.807, 2.05) is 45.0 Å². The van der Waals surface area contributed by atoms with Crippen molar-refractivity contribution in [3.8, 4) is 0 Å². The maximum Gasteiger partial charge on any atom is 0.272 e. The summed E-state index contributed by atoms with van der Waals surface area (Å²) in [7, 11) is 0. The van der Waals surface area contributed by atoms with Crippen LogP contribution in [0.15, 0.2) is 108 Å². The number of hydrogen-bond donors (Lipinski definition) is 3. The lowest BCUT2D eigenvalue weighted by atomic mass is 10.1. The van der Waals surface area contributed by atoms with E-state index < -0.39 is 22.9 Å². The molecule has 0 aliphatic rings. The van der Waals surface area contributed by atoms with Gasteiger partial charge in [0, 0.05) is 27.4 Å². The minimum Gasteiger partial charge on any atom is -0.325 e. The van der Waals surface area contributed by atoms with Crippen molar-refractivity contribution in [1.82, 2.24) is 5.32 Å². The van der Waals surface area contributed by atoms with Gasteiger partial charge in [0.05, 0.1) is 5.25 Å².